The van der Waals surface area contributed by atoms with Crippen LogP contribution in [0.3, 0.4) is 0 Å². The molecule has 0 aliphatic rings. The van der Waals surface area contributed by atoms with Gasteiger partial charge in [-0.05, 0) is 37.1 Å². The van der Waals surface area contributed by atoms with Crippen LogP contribution in [-0.4, -0.2) is 51.8 Å². The first-order chi connectivity index (χ1) is 17.4. The van der Waals surface area contributed by atoms with Crippen LogP contribution in [0.1, 0.15) is 55.5 Å². The number of hydrogen-bond donors (Lipinski definition) is 1. The third-order valence-corrected chi connectivity index (χ3v) is 5.13. The molecule has 36 heavy (non-hydrogen) atoms. The van der Waals surface area contributed by atoms with Crippen LogP contribution in [0.2, 0.25) is 0 Å². The average molecular weight is 495 g/mol. The second-order valence-corrected chi connectivity index (χ2v) is 8.02. The molecule has 3 rings (SSSR count). The summed E-state index contributed by atoms with van der Waals surface area (Å²) in [7, 11) is 0. The fourth-order valence-electron chi connectivity index (χ4n) is 3.32. The Labute approximate surface area is 209 Å². The van der Waals surface area contributed by atoms with Gasteiger partial charge in [0.25, 0.3) is 0 Å². The highest BCUT2D eigenvalue weighted by molar-refractivity contribution is 6.11. The van der Waals surface area contributed by atoms with Crippen molar-refractivity contribution in [2.45, 2.75) is 45.6 Å². The number of carbonyl (C=O) groups excluding carboxylic acids is 3. The summed E-state index contributed by atoms with van der Waals surface area (Å²) >= 11 is 0. The van der Waals surface area contributed by atoms with Crippen LogP contribution in [-0.2, 0) is 19.1 Å². The molecule has 0 fully saturated rings. The normalized spacial score (nSPS) is 11.5. The van der Waals surface area contributed by atoms with Crippen molar-refractivity contribution in [2.24, 2.45) is 0 Å². The van der Waals surface area contributed by atoms with Gasteiger partial charge >= 0.3 is 11.9 Å². The number of nitrogens with zero attached hydrogens (tertiary/aromatic N) is 3. The van der Waals surface area contributed by atoms with Gasteiger partial charge in [-0.2, -0.15) is 5.10 Å². The van der Waals surface area contributed by atoms with Crippen molar-refractivity contribution in [1.29, 1.82) is 0 Å². The van der Waals surface area contributed by atoms with Gasteiger partial charge in [0.2, 0.25) is 0 Å². The molecule has 2 N–H and O–H groups in total. The lowest BCUT2D eigenvalue weighted by molar-refractivity contribution is -0.160. The molecule has 1 atom stereocenters. The molecule has 3 aromatic rings. The van der Waals surface area contributed by atoms with Crippen molar-refractivity contribution < 1.29 is 28.6 Å². The molecule has 0 amide bonds. The van der Waals surface area contributed by atoms with Crippen molar-refractivity contribution in [3.05, 3.63) is 66.1 Å². The lowest BCUT2D eigenvalue weighted by Gasteiger charge is -2.19. The van der Waals surface area contributed by atoms with Crippen LogP contribution in [0.4, 0.5) is 5.82 Å². The molecule has 0 saturated carbocycles. The molecular weight excluding hydrogens is 464 g/mol. The Morgan fingerprint density at radius 2 is 1.72 bits per heavy atom. The van der Waals surface area contributed by atoms with Crippen LogP contribution >= 0.6 is 0 Å². The Hall–Kier alpha value is -4.21. The van der Waals surface area contributed by atoms with E-state index in [1.54, 1.807) is 48.8 Å². The first-order valence-corrected chi connectivity index (χ1v) is 11.8. The maximum absolute atomic E-state index is 13.1. The summed E-state index contributed by atoms with van der Waals surface area (Å²) in [6, 6.07) is 10.0. The maximum atomic E-state index is 13.1. The molecule has 0 bridgehead atoms. The molecule has 190 valence electrons. The van der Waals surface area contributed by atoms with Gasteiger partial charge < -0.3 is 19.9 Å². The summed E-state index contributed by atoms with van der Waals surface area (Å²) in [6.45, 7) is 3.57. The molecule has 1 unspecified atom stereocenters. The van der Waals surface area contributed by atoms with E-state index in [4.69, 9.17) is 19.9 Å². The van der Waals surface area contributed by atoms with Gasteiger partial charge in [0, 0.05) is 30.8 Å². The Balaban J connectivity index is 1.69. The molecule has 0 saturated heterocycles. The predicted octanol–water partition coefficient (Wildman–Crippen LogP) is 3.51. The highest BCUT2D eigenvalue weighted by atomic mass is 16.6. The summed E-state index contributed by atoms with van der Waals surface area (Å²) < 4.78 is 17.9. The Morgan fingerprint density at radius 1 is 1.00 bits per heavy atom. The molecule has 0 aliphatic heterocycles. The van der Waals surface area contributed by atoms with Crippen LogP contribution in [0, 0.1) is 0 Å². The van der Waals surface area contributed by atoms with Crippen LogP contribution in [0.25, 0.3) is 5.69 Å². The summed E-state index contributed by atoms with van der Waals surface area (Å²) in [5.74, 6) is -0.501. The van der Waals surface area contributed by atoms with Gasteiger partial charge in [-0.25, -0.2) is 4.68 Å². The highest BCUT2D eigenvalue weighted by Crippen LogP contribution is 2.22. The van der Waals surface area contributed by atoms with E-state index in [-0.39, 0.29) is 49.2 Å². The molecule has 2 aromatic heterocycles. The number of hydrogen-bond acceptors (Lipinski definition) is 9. The lowest BCUT2D eigenvalue weighted by atomic mass is 10.1. The number of nitrogens with two attached hydrogens (primary N) is 1. The number of anilines is 1. The molecule has 0 spiro atoms. The van der Waals surface area contributed by atoms with E-state index in [0.29, 0.717) is 29.8 Å². The average Bonchev–Trinajstić information content (AvgIpc) is 3.27. The molecule has 2 heterocycles. The maximum Gasteiger partial charge on any atom is 0.306 e. The third kappa shape index (κ3) is 7.14. The number of ketones is 1. The Bertz CT molecular complexity index is 1180. The van der Waals surface area contributed by atoms with Gasteiger partial charge in [-0.3, -0.25) is 19.4 Å². The largest absolute Gasteiger partial charge is 0.490 e. The number of nitrogen functional groups attached to an aromatic ring is 1. The van der Waals surface area contributed by atoms with E-state index in [2.05, 4.69) is 10.1 Å². The van der Waals surface area contributed by atoms with E-state index < -0.39 is 12.1 Å². The van der Waals surface area contributed by atoms with Crippen LogP contribution in [0.5, 0.6) is 5.75 Å². The van der Waals surface area contributed by atoms with Crippen molar-refractivity contribution in [2.75, 3.05) is 18.9 Å². The smallest absolute Gasteiger partial charge is 0.306 e. The number of esters is 2. The minimum absolute atomic E-state index is 0.0470. The second-order valence-electron chi connectivity index (χ2n) is 8.02. The standard InChI is InChI=1S/C26H30N4O6/c1-3-6-23(31)35-17-21(36-24(32)7-4-2)16-34-20-9-5-8-18(14-20)25(33)22-15-29-30(26(22)27)19-10-12-28-13-11-19/h5,8-15,21H,3-4,6-7,16-17,27H2,1-2H3. The van der Waals surface area contributed by atoms with E-state index in [1.165, 1.54) is 10.9 Å². The number of rotatable bonds is 13. The zero-order chi connectivity index (χ0) is 25.9. The number of ether oxygens (including phenoxy) is 3. The van der Waals surface area contributed by atoms with E-state index >= 15 is 0 Å². The number of benzene rings is 1. The topological polar surface area (TPSA) is 136 Å². The fraction of sp³-hybridized carbons (Fsp3) is 0.346. The Morgan fingerprint density at radius 3 is 2.44 bits per heavy atom. The molecular formula is C26H30N4O6. The Kier molecular flexibility index (Phi) is 9.56. The highest BCUT2D eigenvalue weighted by Gasteiger charge is 2.20. The van der Waals surface area contributed by atoms with E-state index in [0.717, 1.165) is 0 Å². The van der Waals surface area contributed by atoms with Crippen molar-refractivity contribution in [1.82, 2.24) is 14.8 Å². The first-order valence-electron chi connectivity index (χ1n) is 11.8. The fourth-order valence-corrected chi connectivity index (χ4v) is 3.32. The van der Waals surface area contributed by atoms with Crippen LogP contribution in [0.15, 0.2) is 55.0 Å². The van der Waals surface area contributed by atoms with Gasteiger partial charge in [0.1, 0.15) is 24.8 Å². The summed E-state index contributed by atoms with van der Waals surface area (Å²) in [4.78, 5) is 40.8. The zero-order valence-corrected chi connectivity index (χ0v) is 20.4. The van der Waals surface area contributed by atoms with E-state index in [9.17, 15) is 14.4 Å². The molecule has 0 aliphatic carbocycles. The second kappa shape index (κ2) is 13.0. The van der Waals surface area contributed by atoms with Crippen molar-refractivity contribution in [3.8, 4) is 11.4 Å². The predicted molar refractivity (Wildman–Crippen MR) is 132 cm³/mol. The van der Waals surface area contributed by atoms with E-state index in [1.807, 2.05) is 13.8 Å². The quantitative estimate of drug-likeness (QED) is 0.280. The molecule has 0 radical (unpaired) electrons. The molecule has 10 nitrogen and oxygen atoms in total. The number of pyridine rings is 1. The van der Waals surface area contributed by atoms with Crippen molar-refractivity contribution in [3.63, 3.8) is 0 Å². The molecule has 1 aromatic carbocycles. The number of aromatic nitrogens is 3. The SMILES string of the molecule is CCCC(=O)OCC(COc1cccc(C(=O)c2cnn(-c3ccncc3)c2N)c1)OC(=O)CCC. The monoisotopic (exact) mass is 494 g/mol. The minimum Gasteiger partial charge on any atom is -0.490 e. The van der Waals surface area contributed by atoms with Gasteiger partial charge in [0.05, 0.1) is 17.4 Å². The lowest BCUT2D eigenvalue weighted by Crippen LogP contribution is -2.31. The van der Waals surface area contributed by atoms with Gasteiger partial charge in [0.15, 0.2) is 11.9 Å². The zero-order valence-electron chi connectivity index (χ0n) is 20.4. The summed E-state index contributed by atoms with van der Waals surface area (Å²) in [6.07, 6.45) is 5.67. The third-order valence-electron chi connectivity index (χ3n) is 5.13. The number of carbonyl (C=O) groups is 3. The summed E-state index contributed by atoms with van der Waals surface area (Å²) in [5.41, 5.74) is 7.48. The molecule has 10 heteroatoms. The van der Waals surface area contributed by atoms with Crippen LogP contribution < -0.4 is 10.5 Å². The first kappa shape index (κ1) is 26.4. The minimum atomic E-state index is -0.779. The van der Waals surface area contributed by atoms with Crippen molar-refractivity contribution >= 4 is 23.5 Å². The van der Waals surface area contributed by atoms with Gasteiger partial charge in [-0.1, -0.05) is 26.0 Å². The summed E-state index contributed by atoms with van der Waals surface area (Å²) in [5, 5.41) is 4.23. The van der Waals surface area contributed by atoms with Gasteiger partial charge in [-0.15, -0.1) is 0 Å².